The smallest absolute Gasteiger partial charge is 0.224 e. The second-order valence-corrected chi connectivity index (χ2v) is 5.77. The van der Waals surface area contributed by atoms with Crippen LogP contribution in [0.4, 0.5) is 10.1 Å². The number of anilines is 1. The van der Waals surface area contributed by atoms with Crippen LogP contribution >= 0.6 is 11.8 Å². The zero-order valence-corrected chi connectivity index (χ0v) is 12.5. The van der Waals surface area contributed by atoms with Crippen LogP contribution in [0.5, 0.6) is 0 Å². The number of thioether (sulfide) groups is 1. The lowest BCUT2D eigenvalue weighted by atomic mass is 10.2. The lowest BCUT2D eigenvalue weighted by Crippen LogP contribution is -2.12. The number of rotatable bonds is 7. The molecule has 2 aromatic carbocycles. The van der Waals surface area contributed by atoms with E-state index in [2.05, 4.69) is 17.4 Å². The summed E-state index contributed by atoms with van der Waals surface area (Å²) in [4.78, 5) is 11.7. The van der Waals surface area contributed by atoms with Crippen LogP contribution in [0.3, 0.4) is 0 Å². The average molecular weight is 303 g/mol. The molecule has 21 heavy (non-hydrogen) atoms. The van der Waals surface area contributed by atoms with Crippen molar-refractivity contribution in [2.75, 3.05) is 11.1 Å². The van der Waals surface area contributed by atoms with E-state index >= 15 is 0 Å². The van der Waals surface area contributed by atoms with Crippen molar-refractivity contribution < 1.29 is 9.18 Å². The van der Waals surface area contributed by atoms with Gasteiger partial charge in [0.15, 0.2) is 0 Å². The third-order valence-corrected chi connectivity index (χ3v) is 4.07. The fraction of sp³-hybridized carbons (Fsp3) is 0.235. The van der Waals surface area contributed by atoms with E-state index in [9.17, 15) is 9.18 Å². The van der Waals surface area contributed by atoms with Gasteiger partial charge in [0, 0.05) is 12.2 Å². The zero-order chi connectivity index (χ0) is 14.9. The predicted octanol–water partition coefficient (Wildman–Crippen LogP) is 4.48. The van der Waals surface area contributed by atoms with Crippen LogP contribution in [0.25, 0.3) is 0 Å². The summed E-state index contributed by atoms with van der Waals surface area (Å²) in [5, 5.41) is 2.60. The first-order valence-electron chi connectivity index (χ1n) is 6.92. The fourth-order valence-electron chi connectivity index (χ4n) is 1.87. The molecule has 2 rings (SSSR count). The number of para-hydroxylation sites is 1. The Morgan fingerprint density at radius 1 is 1.05 bits per heavy atom. The Morgan fingerprint density at radius 3 is 2.52 bits per heavy atom. The first-order valence-corrected chi connectivity index (χ1v) is 8.07. The Bertz CT molecular complexity index is 574. The maximum Gasteiger partial charge on any atom is 0.224 e. The van der Waals surface area contributed by atoms with Gasteiger partial charge in [0.05, 0.1) is 5.69 Å². The largest absolute Gasteiger partial charge is 0.324 e. The molecule has 0 radical (unpaired) electrons. The van der Waals surface area contributed by atoms with Crippen LogP contribution in [0.2, 0.25) is 0 Å². The van der Waals surface area contributed by atoms with Crippen molar-refractivity contribution in [2.24, 2.45) is 0 Å². The van der Waals surface area contributed by atoms with Gasteiger partial charge in [-0.3, -0.25) is 4.79 Å². The van der Waals surface area contributed by atoms with Crippen molar-refractivity contribution in [3.8, 4) is 0 Å². The first-order chi connectivity index (χ1) is 10.3. The van der Waals surface area contributed by atoms with Gasteiger partial charge in [-0.2, -0.15) is 11.8 Å². The van der Waals surface area contributed by atoms with Crippen LogP contribution in [-0.4, -0.2) is 11.7 Å². The molecule has 1 amide bonds. The third-order valence-electron chi connectivity index (χ3n) is 2.95. The van der Waals surface area contributed by atoms with E-state index in [0.29, 0.717) is 6.42 Å². The van der Waals surface area contributed by atoms with E-state index in [1.54, 1.807) is 30.0 Å². The van der Waals surface area contributed by atoms with Crippen molar-refractivity contribution in [3.05, 3.63) is 66.0 Å². The van der Waals surface area contributed by atoms with Crippen LogP contribution in [0, 0.1) is 5.82 Å². The Hall–Kier alpha value is -1.81. The third kappa shape index (κ3) is 5.60. The van der Waals surface area contributed by atoms with Crippen LogP contribution in [0.15, 0.2) is 54.6 Å². The van der Waals surface area contributed by atoms with Gasteiger partial charge >= 0.3 is 0 Å². The van der Waals surface area contributed by atoms with Gasteiger partial charge < -0.3 is 5.32 Å². The van der Waals surface area contributed by atoms with E-state index in [1.807, 2.05) is 18.2 Å². The number of nitrogens with one attached hydrogen (secondary N) is 1. The average Bonchev–Trinajstić information content (AvgIpc) is 2.50. The molecule has 0 atom stereocenters. The quantitative estimate of drug-likeness (QED) is 0.764. The Balaban J connectivity index is 1.63. The maximum atomic E-state index is 13.4. The van der Waals surface area contributed by atoms with Crippen molar-refractivity contribution in [1.29, 1.82) is 0 Å². The molecule has 0 aromatic heterocycles. The van der Waals surface area contributed by atoms with E-state index < -0.39 is 5.82 Å². The van der Waals surface area contributed by atoms with Gasteiger partial charge in [0.25, 0.3) is 0 Å². The molecule has 0 saturated carbocycles. The molecule has 1 N–H and O–H groups in total. The predicted molar refractivity (Wildman–Crippen MR) is 86.9 cm³/mol. The monoisotopic (exact) mass is 303 g/mol. The van der Waals surface area contributed by atoms with Crippen LogP contribution < -0.4 is 5.32 Å². The fourth-order valence-corrected chi connectivity index (χ4v) is 2.80. The van der Waals surface area contributed by atoms with Crippen molar-refractivity contribution in [2.45, 2.75) is 18.6 Å². The second-order valence-electron chi connectivity index (χ2n) is 4.67. The molecule has 2 aromatic rings. The molecular formula is C17H18FNOS. The summed E-state index contributed by atoms with van der Waals surface area (Å²) in [6, 6.07) is 16.5. The zero-order valence-electron chi connectivity index (χ0n) is 11.7. The molecule has 0 aliphatic carbocycles. The Kier molecular flexibility index (Phi) is 6.28. The number of hydrogen-bond acceptors (Lipinski definition) is 2. The molecule has 2 nitrogen and oxygen atoms in total. The van der Waals surface area contributed by atoms with Gasteiger partial charge in [-0.15, -0.1) is 0 Å². The highest BCUT2D eigenvalue weighted by Gasteiger charge is 2.05. The van der Waals surface area contributed by atoms with Crippen molar-refractivity contribution in [1.82, 2.24) is 0 Å². The first kappa shape index (κ1) is 15.6. The summed E-state index contributed by atoms with van der Waals surface area (Å²) in [5.41, 5.74) is 1.54. The summed E-state index contributed by atoms with van der Waals surface area (Å²) in [7, 11) is 0. The number of amides is 1. The summed E-state index contributed by atoms with van der Waals surface area (Å²) >= 11 is 1.80. The lowest BCUT2D eigenvalue weighted by Gasteiger charge is -2.06. The van der Waals surface area contributed by atoms with Crippen molar-refractivity contribution in [3.63, 3.8) is 0 Å². The minimum atomic E-state index is -0.399. The maximum absolute atomic E-state index is 13.4. The molecule has 0 aliphatic heterocycles. The number of carbonyl (C=O) groups is 1. The number of halogens is 1. The van der Waals surface area contributed by atoms with Gasteiger partial charge in [-0.1, -0.05) is 42.5 Å². The van der Waals surface area contributed by atoms with Gasteiger partial charge in [-0.25, -0.2) is 4.39 Å². The Morgan fingerprint density at radius 2 is 1.76 bits per heavy atom. The topological polar surface area (TPSA) is 29.1 Å². The molecule has 0 heterocycles. The molecule has 0 bridgehead atoms. The molecule has 0 fully saturated rings. The molecule has 0 aliphatic rings. The minimum absolute atomic E-state index is 0.139. The highest BCUT2D eigenvalue weighted by molar-refractivity contribution is 7.98. The van der Waals surface area contributed by atoms with Crippen LogP contribution in [0.1, 0.15) is 18.4 Å². The second kappa shape index (κ2) is 8.47. The summed E-state index contributed by atoms with van der Waals surface area (Å²) in [6.45, 7) is 0. The minimum Gasteiger partial charge on any atom is -0.324 e. The molecule has 110 valence electrons. The lowest BCUT2D eigenvalue weighted by molar-refractivity contribution is -0.116. The van der Waals surface area contributed by atoms with Crippen LogP contribution in [-0.2, 0) is 10.5 Å². The van der Waals surface area contributed by atoms with Crippen molar-refractivity contribution >= 4 is 23.4 Å². The standard InChI is InChI=1S/C17H18FNOS/c18-15-9-4-5-10-16(15)19-17(20)11-6-12-21-13-14-7-2-1-3-8-14/h1-5,7-10H,6,11-13H2,(H,19,20). The van der Waals surface area contributed by atoms with E-state index in [0.717, 1.165) is 17.9 Å². The molecule has 4 heteroatoms. The number of carbonyl (C=O) groups excluding carboxylic acids is 1. The highest BCUT2D eigenvalue weighted by atomic mass is 32.2. The highest BCUT2D eigenvalue weighted by Crippen LogP contribution is 2.15. The number of benzene rings is 2. The van der Waals surface area contributed by atoms with E-state index in [4.69, 9.17) is 0 Å². The summed E-state index contributed by atoms with van der Waals surface area (Å²) < 4.78 is 13.4. The SMILES string of the molecule is O=C(CCCSCc1ccccc1)Nc1ccccc1F. The van der Waals surface area contributed by atoms with Gasteiger partial charge in [0.1, 0.15) is 5.82 Å². The molecular weight excluding hydrogens is 285 g/mol. The molecule has 0 saturated heterocycles. The van der Waals surface area contributed by atoms with Gasteiger partial charge in [-0.05, 0) is 29.9 Å². The number of hydrogen-bond donors (Lipinski definition) is 1. The Labute approximate surface area is 128 Å². The molecule has 0 spiro atoms. The normalized spacial score (nSPS) is 10.3. The van der Waals surface area contributed by atoms with E-state index in [1.165, 1.54) is 11.6 Å². The molecule has 0 unspecified atom stereocenters. The summed E-state index contributed by atoms with van der Waals surface area (Å²) in [6.07, 6.45) is 1.20. The van der Waals surface area contributed by atoms with Gasteiger partial charge in [0.2, 0.25) is 5.91 Å². The summed E-state index contributed by atoms with van der Waals surface area (Å²) in [5.74, 6) is 1.33. The van der Waals surface area contributed by atoms with E-state index in [-0.39, 0.29) is 11.6 Å².